The summed E-state index contributed by atoms with van der Waals surface area (Å²) in [5.74, 6) is 1.77. The number of benzene rings is 1. The Labute approximate surface area is 127 Å². The Morgan fingerprint density at radius 1 is 1.30 bits per heavy atom. The Hall–Kier alpha value is -0.670. The van der Waals surface area contributed by atoms with Crippen LogP contribution in [0.15, 0.2) is 29.2 Å². The molecule has 0 heterocycles. The minimum atomic E-state index is 0.0792. The summed E-state index contributed by atoms with van der Waals surface area (Å²) >= 11 is 1.76. The van der Waals surface area contributed by atoms with Crippen molar-refractivity contribution in [2.45, 2.75) is 50.0 Å². The van der Waals surface area contributed by atoms with Crippen molar-refractivity contribution in [3.8, 4) is 5.75 Å². The molecule has 1 saturated carbocycles. The zero-order valence-electron chi connectivity index (χ0n) is 12.9. The van der Waals surface area contributed by atoms with E-state index in [1.807, 2.05) is 0 Å². The van der Waals surface area contributed by atoms with Crippen LogP contribution in [0.2, 0.25) is 0 Å². The number of rotatable bonds is 8. The summed E-state index contributed by atoms with van der Waals surface area (Å²) < 4.78 is 6.41. The normalized spacial score (nSPS) is 17.0. The summed E-state index contributed by atoms with van der Waals surface area (Å²) in [6.45, 7) is 6.64. The van der Waals surface area contributed by atoms with Crippen LogP contribution in [0.1, 0.15) is 39.5 Å². The molecule has 0 saturated heterocycles. The average Bonchev–Trinajstić information content (AvgIpc) is 2.40. The predicted molar refractivity (Wildman–Crippen MR) is 87.8 cm³/mol. The lowest BCUT2D eigenvalue weighted by atomic mass is 9.77. The van der Waals surface area contributed by atoms with Gasteiger partial charge in [-0.05, 0) is 63.1 Å². The molecule has 0 aliphatic heterocycles. The minimum absolute atomic E-state index is 0.0792. The molecule has 20 heavy (non-hydrogen) atoms. The van der Waals surface area contributed by atoms with Gasteiger partial charge in [0.1, 0.15) is 11.4 Å². The first-order valence-corrected chi connectivity index (χ1v) is 8.90. The monoisotopic (exact) mass is 293 g/mol. The van der Waals surface area contributed by atoms with Crippen molar-refractivity contribution < 1.29 is 4.74 Å². The SMILES string of the molecule is CSc1ccccc1OC1(CCNCC(C)C)CCC1. The third-order valence-corrected chi connectivity index (χ3v) is 4.75. The molecule has 0 unspecified atom stereocenters. The summed E-state index contributed by atoms with van der Waals surface area (Å²) in [6.07, 6.45) is 6.91. The molecule has 2 nitrogen and oxygen atoms in total. The third-order valence-electron chi connectivity index (χ3n) is 3.97. The second-order valence-corrected chi connectivity index (χ2v) is 6.99. The van der Waals surface area contributed by atoms with Crippen molar-refractivity contribution >= 4 is 11.8 Å². The van der Waals surface area contributed by atoms with E-state index in [0.717, 1.165) is 25.3 Å². The number of para-hydroxylation sites is 1. The molecule has 0 atom stereocenters. The van der Waals surface area contributed by atoms with Crippen molar-refractivity contribution in [1.29, 1.82) is 0 Å². The van der Waals surface area contributed by atoms with Gasteiger partial charge in [0.05, 0.1) is 0 Å². The Morgan fingerprint density at radius 2 is 2.05 bits per heavy atom. The summed E-state index contributed by atoms with van der Waals surface area (Å²) in [5, 5.41) is 3.54. The van der Waals surface area contributed by atoms with Crippen LogP contribution in [0.4, 0.5) is 0 Å². The van der Waals surface area contributed by atoms with Crippen molar-refractivity contribution in [3.63, 3.8) is 0 Å². The van der Waals surface area contributed by atoms with Crippen molar-refractivity contribution in [2.24, 2.45) is 5.92 Å². The Morgan fingerprint density at radius 3 is 2.65 bits per heavy atom. The molecule has 0 spiro atoms. The molecule has 0 bridgehead atoms. The van der Waals surface area contributed by atoms with Gasteiger partial charge in [0, 0.05) is 4.90 Å². The highest BCUT2D eigenvalue weighted by Gasteiger charge is 2.39. The molecule has 0 radical (unpaired) electrons. The van der Waals surface area contributed by atoms with E-state index in [9.17, 15) is 0 Å². The van der Waals surface area contributed by atoms with E-state index in [0.29, 0.717) is 5.92 Å². The van der Waals surface area contributed by atoms with Crippen LogP contribution in [0.5, 0.6) is 5.75 Å². The van der Waals surface area contributed by atoms with Gasteiger partial charge in [-0.25, -0.2) is 0 Å². The Bertz CT molecular complexity index is 415. The van der Waals surface area contributed by atoms with Gasteiger partial charge in [-0.3, -0.25) is 0 Å². The van der Waals surface area contributed by atoms with Gasteiger partial charge in [0.15, 0.2) is 0 Å². The Kier molecular flexibility index (Phi) is 5.79. The van der Waals surface area contributed by atoms with Crippen LogP contribution in [0, 0.1) is 5.92 Å². The molecular weight excluding hydrogens is 266 g/mol. The molecule has 3 heteroatoms. The first-order valence-electron chi connectivity index (χ1n) is 7.68. The second-order valence-electron chi connectivity index (χ2n) is 6.14. The van der Waals surface area contributed by atoms with Crippen molar-refractivity contribution in [1.82, 2.24) is 5.32 Å². The molecule has 0 amide bonds. The molecular formula is C17H27NOS. The number of ether oxygens (including phenoxy) is 1. The summed E-state index contributed by atoms with van der Waals surface area (Å²) in [7, 11) is 0. The van der Waals surface area contributed by atoms with E-state index >= 15 is 0 Å². The maximum absolute atomic E-state index is 6.41. The molecule has 1 aliphatic carbocycles. The standard InChI is InChI=1S/C17H27NOS/c1-14(2)13-18-12-11-17(9-6-10-17)19-15-7-4-5-8-16(15)20-3/h4-5,7-8,14,18H,6,9-13H2,1-3H3. The smallest absolute Gasteiger partial charge is 0.133 e. The van der Waals surface area contributed by atoms with E-state index in [2.05, 4.69) is 49.7 Å². The first-order chi connectivity index (χ1) is 9.65. The molecule has 112 valence electrons. The van der Waals surface area contributed by atoms with E-state index in [1.165, 1.54) is 24.2 Å². The number of thioether (sulfide) groups is 1. The highest BCUT2D eigenvalue weighted by Crippen LogP contribution is 2.41. The van der Waals surface area contributed by atoms with E-state index in [4.69, 9.17) is 4.74 Å². The fourth-order valence-electron chi connectivity index (χ4n) is 2.62. The fourth-order valence-corrected chi connectivity index (χ4v) is 3.14. The van der Waals surface area contributed by atoms with E-state index in [1.54, 1.807) is 11.8 Å². The summed E-state index contributed by atoms with van der Waals surface area (Å²) in [6, 6.07) is 8.39. The van der Waals surface area contributed by atoms with E-state index < -0.39 is 0 Å². The highest BCUT2D eigenvalue weighted by molar-refractivity contribution is 7.98. The largest absolute Gasteiger partial charge is 0.486 e. The average molecular weight is 293 g/mol. The molecule has 1 aromatic rings. The highest BCUT2D eigenvalue weighted by atomic mass is 32.2. The van der Waals surface area contributed by atoms with Crippen LogP contribution >= 0.6 is 11.8 Å². The van der Waals surface area contributed by atoms with Gasteiger partial charge in [0.25, 0.3) is 0 Å². The van der Waals surface area contributed by atoms with Crippen LogP contribution in [0.25, 0.3) is 0 Å². The van der Waals surface area contributed by atoms with Crippen molar-refractivity contribution in [2.75, 3.05) is 19.3 Å². The zero-order valence-corrected chi connectivity index (χ0v) is 13.8. The van der Waals surface area contributed by atoms with Gasteiger partial charge in [-0.15, -0.1) is 11.8 Å². The topological polar surface area (TPSA) is 21.3 Å². The van der Waals surface area contributed by atoms with Gasteiger partial charge in [-0.1, -0.05) is 26.0 Å². The van der Waals surface area contributed by atoms with Crippen LogP contribution < -0.4 is 10.1 Å². The lowest BCUT2D eigenvalue weighted by molar-refractivity contribution is -0.0165. The van der Waals surface area contributed by atoms with E-state index in [-0.39, 0.29) is 5.60 Å². The van der Waals surface area contributed by atoms with Gasteiger partial charge in [-0.2, -0.15) is 0 Å². The predicted octanol–water partition coefficient (Wildman–Crippen LogP) is 4.35. The summed E-state index contributed by atoms with van der Waals surface area (Å²) in [5.41, 5.74) is 0.0792. The maximum Gasteiger partial charge on any atom is 0.133 e. The molecule has 2 rings (SSSR count). The number of hydrogen-bond donors (Lipinski definition) is 1. The molecule has 0 aromatic heterocycles. The first kappa shape index (κ1) is 15.7. The molecule has 1 N–H and O–H groups in total. The summed E-state index contributed by atoms with van der Waals surface area (Å²) in [4.78, 5) is 1.24. The fraction of sp³-hybridized carbons (Fsp3) is 0.647. The lowest BCUT2D eigenvalue weighted by Gasteiger charge is -2.42. The Balaban J connectivity index is 1.90. The van der Waals surface area contributed by atoms with Gasteiger partial charge < -0.3 is 10.1 Å². The van der Waals surface area contributed by atoms with Crippen LogP contribution in [0.3, 0.4) is 0 Å². The number of hydrogen-bond acceptors (Lipinski definition) is 3. The molecule has 1 aromatic carbocycles. The van der Waals surface area contributed by atoms with Gasteiger partial charge >= 0.3 is 0 Å². The van der Waals surface area contributed by atoms with Crippen molar-refractivity contribution in [3.05, 3.63) is 24.3 Å². The van der Waals surface area contributed by atoms with Crippen LogP contribution in [-0.4, -0.2) is 24.9 Å². The maximum atomic E-state index is 6.41. The lowest BCUT2D eigenvalue weighted by Crippen LogP contribution is -2.45. The second kappa shape index (κ2) is 7.37. The molecule has 1 aliphatic rings. The third kappa shape index (κ3) is 4.16. The van der Waals surface area contributed by atoms with Gasteiger partial charge in [0.2, 0.25) is 0 Å². The number of nitrogens with one attached hydrogen (secondary N) is 1. The van der Waals surface area contributed by atoms with Crippen LogP contribution in [-0.2, 0) is 0 Å². The zero-order chi connectivity index (χ0) is 14.4. The quantitative estimate of drug-likeness (QED) is 0.569. The molecule has 1 fully saturated rings. The minimum Gasteiger partial charge on any atom is -0.486 e.